The van der Waals surface area contributed by atoms with Crippen LogP contribution in [0.1, 0.15) is 30.5 Å². The molecule has 0 fully saturated rings. The van der Waals surface area contributed by atoms with Crippen LogP contribution in [0, 0.1) is 5.92 Å². The summed E-state index contributed by atoms with van der Waals surface area (Å²) in [4.78, 5) is 11.6. The van der Waals surface area contributed by atoms with Gasteiger partial charge in [0.25, 0.3) is 0 Å². The molecule has 0 bridgehead atoms. The maximum atomic E-state index is 11.6. The van der Waals surface area contributed by atoms with E-state index in [1.54, 1.807) is 6.92 Å². The van der Waals surface area contributed by atoms with Gasteiger partial charge in [-0.2, -0.15) is 0 Å². The first-order chi connectivity index (χ1) is 13.1. The molecule has 0 aromatic heterocycles. The first-order valence-corrected chi connectivity index (χ1v) is 9.13. The van der Waals surface area contributed by atoms with E-state index in [0.717, 1.165) is 16.7 Å². The maximum absolute atomic E-state index is 11.6. The van der Waals surface area contributed by atoms with Gasteiger partial charge in [0.15, 0.2) is 0 Å². The predicted molar refractivity (Wildman–Crippen MR) is 107 cm³/mol. The number of benzene rings is 3. The molecule has 3 aromatic rings. The molecule has 27 heavy (non-hydrogen) atoms. The fourth-order valence-corrected chi connectivity index (χ4v) is 3.30. The number of carboxylic acid groups (broad SMARTS) is 1. The summed E-state index contributed by atoms with van der Waals surface area (Å²) < 4.78 is 6.64. The normalized spacial score (nSPS) is 13.7. The summed E-state index contributed by atoms with van der Waals surface area (Å²) in [5.74, 6) is -1.51. The van der Waals surface area contributed by atoms with Crippen molar-refractivity contribution in [2.45, 2.75) is 25.6 Å². The molecule has 3 nitrogen and oxygen atoms in total. The van der Waals surface area contributed by atoms with E-state index in [0.29, 0.717) is 0 Å². The third kappa shape index (κ3) is 3.79. The Morgan fingerprint density at radius 3 is 1.37 bits per heavy atom. The lowest BCUT2D eigenvalue weighted by atomic mass is 9.79. The summed E-state index contributed by atoms with van der Waals surface area (Å²) >= 11 is 0. The van der Waals surface area contributed by atoms with Gasteiger partial charge >= 0.3 is 5.97 Å². The average molecular weight is 360 g/mol. The van der Waals surface area contributed by atoms with Crippen LogP contribution in [-0.2, 0) is 15.1 Å². The van der Waals surface area contributed by atoms with Crippen LogP contribution in [-0.4, -0.2) is 17.2 Å². The van der Waals surface area contributed by atoms with Crippen molar-refractivity contribution >= 4 is 5.97 Å². The fourth-order valence-electron chi connectivity index (χ4n) is 3.30. The van der Waals surface area contributed by atoms with Crippen LogP contribution in [0.15, 0.2) is 91.0 Å². The van der Waals surface area contributed by atoms with Gasteiger partial charge in [0, 0.05) is 0 Å². The number of aliphatic carboxylic acids is 1. The van der Waals surface area contributed by atoms with Crippen LogP contribution in [0.2, 0.25) is 0 Å². The number of carboxylic acids is 1. The monoisotopic (exact) mass is 360 g/mol. The molecule has 0 aliphatic carbocycles. The highest BCUT2D eigenvalue weighted by Gasteiger charge is 2.40. The third-order valence-electron chi connectivity index (χ3n) is 5.00. The summed E-state index contributed by atoms with van der Waals surface area (Å²) in [5.41, 5.74) is 2.00. The summed E-state index contributed by atoms with van der Waals surface area (Å²) in [6.45, 7) is 3.50. The van der Waals surface area contributed by atoms with Crippen molar-refractivity contribution in [2.24, 2.45) is 5.92 Å². The molecule has 0 saturated heterocycles. The van der Waals surface area contributed by atoms with Crippen LogP contribution in [0.25, 0.3) is 0 Å². The molecule has 0 spiro atoms. The van der Waals surface area contributed by atoms with Gasteiger partial charge in [0.1, 0.15) is 5.60 Å². The molecule has 1 unspecified atom stereocenters. The lowest BCUT2D eigenvalue weighted by Crippen LogP contribution is -2.39. The third-order valence-corrected chi connectivity index (χ3v) is 5.00. The van der Waals surface area contributed by atoms with E-state index < -0.39 is 23.6 Å². The molecule has 1 N–H and O–H groups in total. The Labute approximate surface area is 160 Å². The van der Waals surface area contributed by atoms with Crippen LogP contribution in [0.4, 0.5) is 0 Å². The van der Waals surface area contributed by atoms with Crippen molar-refractivity contribution in [1.29, 1.82) is 0 Å². The molecule has 0 heterocycles. The number of ether oxygens (including phenoxy) is 1. The smallest absolute Gasteiger partial charge is 0.308 e. The molecule has 138 valence electrons. The summed E-state index contributed by atoms with van der Waals surface area (Å²) in [6, 6.07) is 29.9. The molecule has 3 aromatic carbocycles. The van der Waals surface area contributed by atoms with Gasteiger partial charge in [0.05, 0.1) is 12.0 Å². The molecular formula is C24H24O3. The minimum atomic E-state index is -0.896. The Bertz CT molecular complexity index is 763. The van der Waals surface area contributed by atoms with E-state index in [4.69, 9.17) is 4.74 Å². The lowest BCUT2D eigenvalue weighted by molar-refractivity contribution is -0.150. The highest BCUT2D eigenvalue weighted by molar-refractivity contribution is 5.70. The first kappa shape index (κ1) is 18.9. The highest BCUT2D eigenvalue weighted by Crippen LogP contribution is 2.42. The van der Waals surface area contributed by atoms with Crippen molar-refractivity contribution in [3.63, 3.8) is 0 Å². The Morgan fingerprint density at radius 1 is 0.741 bits per heavy atom. The predicted octanol–water partition coefficient (Wildman–Crippen LogP) is 5.10. The van der Waals surface area contributed by atoms with Crippen molar-refractivity contribution in [1.82, 2.24) is 0 Å². The second kappa shape index (κ2) is 8.19. The highest BCUT2D eigenvalue weighted by atomic mass is 16.5. The number of hydrogen-bond acceptors (Lipinski definition) is 2. The second-order valence-electron chi connectivity index (χ2n) is 6.73. The summed E-state index contributed by atoms with van der Waals surface area (Å²) in [5, 5.41) is 9.48. The van der Waals surface area contributed by atoms with E-state index in [9.17, 15) is 9.90 Å². The molecule has 2 atom stereocenters. The molecule has 0 aliphatic rings. The number of rotatable bonds is 7. The Balaban J connectivity index is 2.24. The van der Waals surface area contributed by atoms with Gasteiger partial charge < -0.3 is 9.84 Å². The van der Waals surface area contributed by atoms with Crippen molar-refractivity contribution < 1.29 is 14.6 Å². The van der Waals surface area contributed by atoms with Crippen molar-refractivity contribution in [2.75, 3.05) is 0 Å². The van der Waals surface area contributed by atoms with Crippen LogP contribution < -0.4 is 0 Å². The minimum absolute atomic E-state index is 0.497. The molecule has 0 aliphatic heterocycles. The van der Waals surface area contributed by atoms with E-state index >= 15 is 0 Å². The molecule has 0 amide bonds. The van der Waals surface area contributed by atoms with Crippen LogP contribution in [0.5, 0.6) is 0 Å². The number of carbonyl (C=O) groups is 1. The zero-order valence-electron chi connectivity index (χ0n) is 15.6. The molecule has 0 saturated carbocycles. The average Bonchev–Trinajstić information content (AvgIpc) is 2.73. The van der Waals surface area contributed by atoms with Crippen molar-refractivity contribution in [3.05, 3.63) is 108 Å². The molecule has 3 rings (SSSR count). The standard InChI is InChI=1S/C24H24O3/c1-18(23(25)26)19(2)27-24(20-12-6-3-7-13-20,21-14-8-4-9-15-21)22-16-10-5-11-17-22/h3-19H,1-2H3,(H,25,26)/t18-,19?/m0/s1. The lowest BCUT2D eigenvalue weighted by Gasteiger charge is -2.39. The summed E-state index contributed by atoms with van der Waals surface area (Å²) in [6.07, 6.45) is -0.497. The number of hydrogen-bond donors (Lipinski definition) is 1. The van der Waals surface area contributed by atoms with Crippen LogP contribution >= 0.6 is 0 Å². The van der Waals surface area contributed by atoms with E-state index in [-0.39, 0.29) is 0 Å². The Morgan fingerprint density at radius 2 is 1.07 bits per heavy atom. The largest absolute Gasteiger partial charge is 0.481 e. The zero-order valence-corrected chi connectivity index (χ0v) is 15.6. The quantitative estimate of drug-likeness (QED) is 0.596. The molecule has 3 heteroatoms. The SMILES string of the molecule is CC(OC(c1ccccc1)(c1ccccc1)c1ccccc1)[C@H](C)C(=O)O. The van der Waals surface area contributed by atoms with Gasteiger partial charge in [-0.25, -0.2) is 0 Å². The zero-order chi connectivity index (χ0) is 19.3. The van der Waals surface area contributed by atoms with E-state index in [1.165, 1.54) is 0 Å². The minimum Gasteiger partial charge on any atom is -0.481 e. The maximum Gasteiger partial charge on any atom is 0.308 e. The van der Waals surface area contributed by atoms with Gasteiger partial charge in [-0.05, 0) is 30.5 Å². The first-order valence-electron chi connectivity index (χ1n) is 9.13. The van der Waals surface area contributed by atoms with Gasteiger partial charge in [0.2, 0.25) is 0 Å². The van der Waals surface area contributed by atoms with Crippen molar-refractivity contribution in [3.8, 4) is 0 Å². The summed E-state index contributed by atoms with van der Waals surface area (Å²) in [7, 11) is 0. The van der Waals surface area contributed by atoms with Gasteiger partial charge in [-0.1, -0.05) is 91.0 Å². The Kier molecular flexibility index (Phi) is 5.72. The topological polar surface area (TPSA) is 46.5 Å². The van der Waals surface area contributed by atoms with Gasteiger partial charge in [-0.15, -0.1) is 0 Å². The fraction of sp³-hybridized carbons (Fsp3) is 0.208. The van der Waals surface area contributed by atoms with Crippen LogP contribution in [0.3, 0.4) is 0 Å². The van der Waals surface area contributed by atoms with E-state index in [1.807, 2.05) is 97.9 Å². The molecule has 0 radical (unpaired) electrons. The Hall–Kier alpha value is -2.91. The molecular weight excluding hydrogens is 336 g/mol. The van der Waals surface area contributed by atoms with E-state index in [2.05, 4.69) is 0 Å². The second-order valence-corrected chi connectivity index (χ2v) is 6.73. The van der Waals surface area contributed by atoms with Gasteiger partial charge in [-0.3, -0.25) is 4.79 Å².